The number of nitrogens with zero attached hydrogens (tertiary/aromatic N) is 3. The Morgan fingerprint density at radius 3 is 2.58 bits per heavy atom. The molecule has 0 bridgehead atoms. The maximum atomic E-state index is 13.7. The number of rotatable bonds is 8. The number of aryl methyl sites for hydroxylation is 1. The van der Waals surface area contributed by atoms with Gasteiger partial charge in [0.25, 0.3) is 11.5 Å². The topological polar surface area (TPSA) is 79.3 Å². The van der Waals surface area contributed by atoms with Crippen LogP contribution in [0.1, 0.15) is 72.1 Å². The number of benzene rings is 2. The molecule has 2 N–H and O–H groups in total. The lowest BCUT2D eigenvalue weighted by molar-refractivity contribution is 0.0951. The van der Waals surface area contributed by atoms with Crippen LogP contribution in [0.2, 0.25) is 0 Å². The van der Waals surface area contributed by atoms with E-state index >= 15 is 0 Å². The van der Waals surface area contributed by atoms with E-state index in [4.69, 9.17) is 0 Å². The molecule has 5 rings (SSSR count). The maximum absolute atomic E-state index is 13.7. The Balaban J connectivity index is 1.42. The minimum atomic E-state index is -0.719. The normalized spacial score (nSPS) is 16.8. The van der Waals surface area contributed by atoms with Crippen molar-refractivity contribution in [2.24, 2.45) is 0 Å². The van der Waals surface area contributed by atoms with E-state index in [0.717, 1.165) is 41.6 Å². The number of amides is 1. The Hall–Kier alpha value is -3.68. The Morgan fingerprint density at radius 1 is 1.11 bits per heavy atom. The van der Waals surface area contributed by atoms with Crippen molar-refractivity contribution in [3.05, 3.63) is 81.4 Å². The summed E-state index contributed by atoms with van der Waals surface area (Å²) < 4.78 is 15.3. The molecule has 2 fully saturated rings. The van der Waals surface area contributed by atoms with Gasteiger partial charge in [0.05, 0.1) is 11.7 Å². The molecule has 1 aliphatic carbocycles. The molecule has 8 heteroatoms. The third-order valence-electron chi connectivity index (χ3n) is 7.69. The Kier molecular flexibility index (Phi) is 7.49. The van der Waals surface area contributed by atoms with Gasteiger partial charge in [0.15, 0.2) is 5.82 Å². The van der Waals surface area contributed by atoms with Crippen molar-refractivity contribution in [1.29, 1.82) is 0 Å². The standard InChI is InChI=1S/C30H36FN5O2/c1-4-25(24-6-5-7-26(20(24)3)35-15-12-22(31)13-16-35)34-28-30(38)36(17-14-32-28)27-18-21(9-8-19(27)2)29(37)33-23-10-11-23/h5-9,14,17-18,22-23,25H,4,10-13,15-16H2,1-3H3,(H,32,34)(H,33,37)/t25-/m1/s1. The van der Waals surface area contributed by atoms with Crippen LogP contribution in [-0.2, 0) is 0 Å². The Labute approximate surface area is 223 Å². The summed E-state index contributed by atoms with van der Waals surface area (Å²) in [6, 6.07) is 11.8. The highest BCUT2D eigenvalue weighted by Crippen LogP contribution is 2.32. The highest BCUT2D eigenvalue weighted by Gasteiger charge is 2.25. The van der Waals surface area contributed by atoms with E-state index in [1.54, 1.807) is 29.1 Å². The number of aromatic nitrogens is 2. The van der Waals surface area contributed by atoms with Gasteiger partial charge in [0.2, 0.25) is 0 Å². The van der Waals surface area contributed by atoms with E-state index in [2.05, 4.69) is 46.5 Å². The average Bonchev–Trinajstić information content (AvgIpc) is 3.73. The van der Waals surface area contributed by atoms with Gasteiger partial charge in [-0.3, -0.25) is 14.2 Å². The van der Waals surface area contributed by atoms with Gasteiger partial charge < -0.3 is 15.5 Å². The number of alkyl halides is 1. The maximum Gasteiger partial charge on any atom is 0.297 e. The summed E-state index contributed by atoms with van der Waals surface area (Å²) in [7, 11) is 0. The number of carbonyl (C=O) groups excluding carboxylic acids is 1. The molecule has 1 aromatic heterocycles. The lowest BCUT2D eigenvalue weighted by atomic mass is 9.96. The zero-order valence-electron chi connectivity index (χ0n) is 22.3. The summed E-state index contributed by atoms with van der Waals surface area (Å²) in [5.74, 6) is 0.140. The van der Waals surface area contributed by atoms with Gasteiger partial charge in [-0.15, -0.1) is 0 Å². The first kappa shape index (κ1) is 25.9. The van der Waals surface area contributed by atoms with Crippen LogP contribution in [0, 0.1) is 13.8 Å². The first-order valence-corrected chi connectivity index (χ1v) is 13.6. The fourth-order valence-corrected chi connectivity index (χ4v) is 5.22. The molecular weight excluding hydrogens is 481 g/mol. The molecule has 1 saturated heterocycles. The number of hydrogen-bond donors (Lipinski definition) is 2. The van der Waals surface area contributed by atoms with Gasteiger partial charge in [0, 0.05) is 42.8 Å². The van der Waals surface area contributed by atoms with Crippen LogP contribution >= 0.6 is 0 Å². The van der Waals surface area contributed by atoms with Crippen molar-refractivity contribution in [2.45, 2.75) is 71.1 Å². The Bertz CT molecular complexity index is 1380. The van der Waals surface area contributed by atoms with Crippen molar-refractivity contribution >= 4 is 17.4 Å². The van der Waals surface area contributed by atoms with Gasteiger partial charge in [0.1, 0.15) is 6.17 Å². The summed E-state index contributed by atoms with van der Waals surface area (Å²) in [6.45, 7) is 7.50. The minimum Gasteiger partial charge on any atom is -0.371 e. The van der Waals surface area contributed by atoms with E-state index in [-0.39, 0.29) is 29.4 Å². The number of hydrogen-bond acceptors (Lipinski definition) is 5. The van der Waals surface area contributed by atoms with E-state index < -0.39 is 6.17 Å². The van der Waals surface area contributed by atoms with E-state index in [1.165, 1.54) is 0 Å². The van der Waals surface area contributed by atoms with Crippen LogP contribution in [-0.4, -0.2) is 40.8 Å². The number of halogens is 1. The van der Waals surface area contributed by atoms with Crippen molar-refractivity contribution in [3.8, 4) is 5.69 Å². The molecule has 38 heavy (non-hydrogen) atoms. The van der Waals surface area contributed by atoms with Crippen LogP contribution in [0.25, 0.3) is 5.69 Å². The second-order valence-electron chi connectivity index (χ2n) is 10.5. The first-order valence-electron chi connectivity index (χ1n) is 13.6. The second-order valence-corrected chi connectivity index (χ2v) is 10.5. The van der Waals surface area contributed by atoms with E-state index in [0.29, 0.717) is 37.2 Å². The molecule has 2 aliphatic rings. The summed E-state index contributed by atoms with van der Waals surface area (Å²) in [4.78, 5) is 32.9. The molecule has 2 heterocycles. The fraction of sp³-hybridized carbons (Fsp3) is 0.433. The number of piperidine rings is 1. The fourth-order valence-electron chi connectivity index (χ4n) is 5.22. The van der Waals surface area contributed by atoms with Gasteiger partial charge in [-0.25, -0.2) is 9.37 Å². The largest absolute Gasteiger partial charge is 0.371 e. The third-order valence-corrected chi connectivity index (χ3v) is 7.69. The number of anilines is 2. The molecule has 200 valence electrons. The minimum absolute atomic E-state index is 0.119. The van der Waals surface area contributed by atoms with Crippen LogP contribution in [0.3, 0.4) is 0 Å². The molecule has 2 aromatic carbocycles. The molecule has 1 saturated carbocycles. The van der Waals surface area contributed by atoms with Crippen molar-refractivity contribution in [3.63, 3.8) is 0 Å². The van der Waals surface area contributed by atoms with Crippen LogP contribution in [0.15, 0.2) is 53.6 Å². The molecule has 0 radical (unpaired) electrons. The molecular formula is C30H36FN5O2. The smallest absolute Gasteiger partial charge is 0.297 e. The van der Waals surface area contributed by atoms with E-state index in [1.807, 2.05) is 19.1 Å². The average molecular weight is 518 g/mol. The lowest BCUT2D eigenvalue weighted by Crippen LogP contribution is -2.35. The highest BCUT2D eigenvalue weighted by molar-refractivity contribution is 5.95. The zero-order valence-corrected chi connectivity index (χ0v) is 22.3. The number of carbonyl (C=O) groups is 1. The SMILES string of the molecule is CC[C@@H](Nc1nccn(-c2cc(C(=O)NC3CC3)ccc2C)c1=O)c1cccc(N2CCC(F)CC2)c1C. The predicted octanol–water partition coefficient (Wildman–Crippen LogP) is 5.24. The highest BCUT2D eigenvalue weighted by atomic mass is 19.1. The first-order chi connectivity index (χ1) is 18.4. The quantitative estimate of drug-likeness (QED) is 0.427. The van der Waals surface area contributed by atoms with Crippen LogP contribution in [0.4, 0.5) is 15.9 Å². The van der Waals surface area contributed by atoms with Gasteiger partial charge in [-0.2, -0.15) is 0 Å². The van der Waals surface area contributed by atoms with Crippen molar-refractivity contribution < 1.29 is 9.18 Å². The van der Waals surface area contributed by atoms with Crippen LogP contribution < -0.4 is 21.1 Å². The molecule has 7 nitrogen and oxygen atoms in total. The van der Waals surface area contributed by atoms with Gasteiger partial charge >= 0.3 is 0 Å². The second kappa shape index (κ2) is 11.0. The summed E-state index contributed by atoms with van der Waals surface area (Å²) in [6.07, 6.45) is 6.41. The van der Waals surface area contributed by atoms with Gasteiger partial charge in [-0.1, -0.05) is 25.1 Å². The number of nitrogens with one attached hydrogen (secondary N) is 2. The molecule has 1 amide bonds. The van der Waals surface area contributed by atoms with Crippen LogP contribution in [0.5, 0.6) is 0 Å². The lowest BCUT2D eigenvalue weighted by Gasteiger charge is -2.33. The van der Waals surface area contributed by atoms with Crippen molar-refractivity contribution in [2.75, 3.05) is 23.3 Å². The monoisotopic (exact) mass is 517 g/mol. The molecule has 0 unspecified atom stereocenters. The summed E-state index contributed by atoms with van der Waals surface area (Å²) >= 11 is 0. The predicted molar refractivity (Wildman–Crippen MR) is 149 cm³/mol. The summed E-state index contributed by atoms with van der Waals surface area (Å²) in [5, 5.41) is 6.40. The third kappa shape index (κ3) is 5.44. The molecule has 1 atom stereocenters. The molecule has 0 spiro atoms. The van der Waals surface area contributed by atoms with Gasteiger partial charge in [-0.05, 0) is 80.8 Å². The van der Waals surface area contributed by atoms with Crippen molar-refractivity contribution in [1.82, 2.24) is 14.9 Å². The van der Waals surface area contributed by atoms with E-state index in [9.17, 15) is 14.0 Å². The Morgan fingerprint density at radius 2 is 1.87 bits per heavy atom. The molecule has 3 aromatic rings. The summed E-state index contributed by atoms with van der Waals surface area (Å²) in [5.41, 5.74) is 5.15. The zero-order chi connectivity index (χ0) is 26.8. The molecule has 1 aliphatic heterocycles.